The molecule has 0 aromatic heterocycles. The van der Waals surface area contributed by atoms with E-state index in [1.807, 2.05) is 0 Å². The van der Waals surface area contributed by atoms with Crippen molar-refractivity contribution in [2.45, 2.75) is 72.3 Å². The molecule has 0 heterocycles. The van der Waals surface area contributed by atoms with Gasteiger partial charge in [-0.3, -0.25) is 4.79 Å². The Kier molecular flexibility index (Phi) is 8.16. The normalized spacial score (nSPS) is 28.4. The molecule has 0 radical (unpaired) electrons. The van der Waals surface area contributed by atoms with Crippen molar-refractivity contribution in [1.82, 2.24) is 0 Å². The zero-order chi connectivity index (χ0) is 15.1. The van der Waals surface area contributed by atoms with Gasteiger partial charge in [-0.1, -0.05) is 62.9 Å². The molecule has 0 spiro atoms. The number of halogens is 1. The predicted molar refractivity (Wildman–Crippen MR) is 88.0 cm³/mol. The van der Waals surface area contributed by atoms with E-state index < -0.39 is 0 Å². The van der Waals surface area contributed by atoms with Gasteiger partial charge in [0.2, 0.25) is 0 Å². The summed E-state index contributed by atoms with van der Waals surface area (Å²) in [4.78, 5) is 12.4. The predicted octanol–water partition coefficient (Wildman–Crippen LogP) is 5.19. The summed E-state index contributed by atoms with van der Waals surface area (Å²) in [5.74, 6) is 1.86. The van der Waals surface area contributed by atoms with E-state index in [-0.39, 0.29) is 18.0 Å². The van der Waals surface area contributed by atoms with Crippen molar-refractivity contribution in [2.24, 2.45) is 23.7 Å². The first-order chi connectivity index (χ1) is 9.49. The van der Waals surface area contributed by atoms with E-state index in [0.717, 1.165) is 31.0 Å². The zero-order valence-electron chi connectivity index (χ0n) is 13.5. The minimum Gasteiger partial charge on any atom is -0.462 e. The maximum Gasteiger partial charge on any atom is 0.310 e. The molecule has 0 aliphatic heterocycles. The van der Waals surface area contributed by atoms with Crippen LogP contribution in [0.1, 0.15) is 66.2 Å². The first kappa shape index (κ1) is 18.0. The smallest absolute Gasteiger partial charge is 0.310 e. The molecule has 0 bridgehead atoms. The lowest BCUT2D eigenvalue weighted by molar-refractivity contribution is -0.160. The Morgan fingerprint density at radius 1 is 1.35 bits per heavy atom. The zero-order valence-corrected chi connectivity index (χ0v) is 15.1. The van der Waals surface area contributed by atoms with Crippen LogP contribution in [0.15, 0.2) is 0 Å². The van der Waals surface area contributed by atoms with Crippen molar-refractivity contribution in [3.63, 3.8) is 0 Å². The summed E-state index contributed by atoms with van der Waals surface area (Å²) in [7, 11) is 0. The van der Waals surface area contributed by atoms with Gasteiger partial charge in [-0.2, -0.15) is 0 Å². The molecule has 0 saturated heterocycles. The molecule has 0 aromatic rings. The van der Waals surface area contributed by atoms with Crippen LogP contribution >= 0.6 is 15.9 Å². The highest BCUT2D eigenvalue weighted by Crippen LogP contribution is 2.35. The fourth-order valence-electron chi connectivity index (χ4n) is 3.20. The van der Waals surface area contributed by atoms with Crippen LogP contribution in [0, 0.1) is 23.7 Å². The molecule has 4 atom stereocenters. The van der Waals surface area contributed by atoms with Gasteiger partial charge in [0, 0.05) is 5.33 Å². The summed E-state index contributed by atoms with van der Waals surface area (Å²) >= 11 is 3.47. The lowest BCUT2D eigenvalue weighted by atomic mass is 9.75. The number of hydrogen-bond donors (Lipinski definition) is 0. The Morgan fingerprint density at radius 2 is 2.05 bits per heavy atom. The molecule has 1 saturated carbocycles. The molecule has 1 rings (SSSR count). The van der Waals surface area contributed by atoms with Crippen molar-refractivity contribution in [3.8, 4) is 0 Å². The van der Waals surface area contributed by atoms with Gasteiger partial charge in [-0.05, 0) is 37.0 Å². The fourth-order valence-corrected chi connectivity index (χ4v) is 3.79. The summed E-state index contributed by atoms with van der Waals surface area (Å²) in [6.07, 6.45) is 6.81. The van der Waals surface area contributed by atoms with Crippen molar-refractivity contribution >= 4 is 21.9 Å². The van der Waals surface area contributed by atoms with Gasteiger partial charge in [0.05, 0.1) is 5.92 Å². The van der Waals surface area contributed by atoms with Crippen molar-refractivity contribution in [3.05, 3.63) is 0 Å². The second-order valence-corrected chi connectivity index (χ2v) is 7.44. The number of esters is 1. The number of ether oxygens (including phenoxy) is 1. The third-order valence-electron chi connectivity index (χ3n) is 4.65. The van der Waals surface area contributed by atoms with Crippen LogP contribution in [-0.2, 0) is 9.53 Å². The van der Waals surface area contributed by atoms with Gasteiger partial charge < -0.3 is 4.74 Å². The van der Waals surface area contributed by atoms with E-state index in [0.29, 0.717) is 17.8 Å². The van der Waals surface area contributed by atoms with Crippen LogP contribution in [0.4, 0.5) is 0 Å². The summed E-state index contributed by atoms with van der Waals surface area (Å²) in [6, 6.07) is 0. The minimum absolute atomic E-state index is 0.0140. The SMILES string of the molecule is CCCCC(CBr)C(=O)O[C@@H]1CC(C)CC[C@H]1C(C)C. The molecule has 2 unspecified atom stereocenters. The van der Waals surface area contributed by atoms with Crippen LogP contribution < -0.4 is 0 Å². The lowest BCUT2D eigenvalue weighted by Gasteiger charge is -2.37. The van der Waals surface area contributed by atoms with Gasteiger partial charge in [0.1, 0.15) is 6.10 Å². The molecule has 0 aromatic carbocycles. The number of hydrogen-bond acceptors (Lipinski definition) is 2. The van der Waals surface area contributed by atoms with E-state index >= 15 is 0 Å². The molecule has 3 heteroatoms. The molecule has 0 N–H and O–H groups in total. The molecule has 2 nitrogen and oxygen atoms in total. The molecule has 118 valence electrons. The quantitative estimate of drug-likeness (QED) is 0.468. The highest BCUT2D eigenvalue weighted by Gasteiger charge is 2.34. The Hall–Kier alpha value is -0.0500. The molecular formula is C17H31BrO2. The molecular weight excluding hydrogens is 316 g/mol. The highest BCUT2D eigenvalue weighted by atomic mass is 79.9. The number of alkyl halides is 1. The van der Waals surface area contributed by atoms with Crippen LogP contribution in [0.5, 0.6) is 0 Å². The minimum atomic E-state index is 0.0140. The van der Waals surface area contributed by atoms with Gasteiger partial charge in [-0.25, -0.2) is 0 Å². The van der Waals surface area contributed by atoms with Gasteiger partial charge in [-0.15, -0.1) is 0 Å². The number of rotatable bonds is 7. The Bertz CT molecular complexity index is 291. The lowest BCUT2D eigenvalue weighted by Crippen LogP contribution is -2.37. The highest BCUT2D eigenvalue weighted by molar-refractivity contribution is 9.09. The third kappa shape index (κ3) is 5.38. The van der Waals surface area contributed by atoms with Crippen LogP contribution in [0.2, 0.25) is 0 Å². The van der Waals surface area contributed by atoms with Crippen LogP contribution in [-0.4, -0.2) is 17.4 Å². The first-order valence-corrected chi connectivity index (χ1v) is 9.38. The van der Waals surface area contributed by atoms with E-state index in [1.54, 1.807) is 0 Å². The van der Waals surface area contributed by atoms with Crippen molar-refractivity contribution in [1.29, 1.82) is 0 Å². The first-order valence-electron chi connectivity index (χ1n) is 8.26. The number of unbranched alkanes of at least 4 members (excludes halogenated alkanes) is 1. The molecule has 1 fully saturated rings. The average molecular weight is 347 g/mol. The summed E-state index contributed by atoms with van der Waals surface area (Å²) in [6.45, 7) is 8.94. The topological polar surface area (TPSA) is 26.3 Å². The molecule has 1 aliphatic rings. The Labute approximate surface area is 133 Å². The van der Waals surface area contributed by atoms with Crippen molar-refractivity contribution < 1.29 is 9.53 Å². The molecule has 1 aliphatic carbocycles. The van der Waals surface area contributed by atoms with E-state index in [1.165, 1.54) is 12.8 Å². The fraction of sp³-hybridized carbons (Fsp3) is 0.941. The Morgan fingerprint density at radius 3 is 2.60 bits per heavy atom. The molecule has 20 heavy (non-hydrogen) atoms. The Balaban J connectivity index is 2.59. The van der Waals surface area contributed by atoms with Gasteiger partial charge >= 0.3 is 5.97 Å². The summed E-state index contributed by atoms with van der Waals surface area (Å²) < 4.78 is 5.92. The van der Waals surface area contributed by atoms with Crippen LogP contribution in [0.3, 0.4) is 0 Å². The van der Waals surface area contributed by atoms with Crippen LogP contribution in [0.25, 0.3) is 0 Å². The summed E-state index contributed by atoms with van der Waals surface area (Å²) in [5, 5.41) is 0.723. The molecule has 0 amide bonds. The average Bonchev–Trinajstić information content (AvgIpc) is 2.39. The standard InChI is InChI=1S/C17H31BrO2/c1-5-6-7-14(11-18)17(19)20-16-10-13(4)8-9-15(16)12(2)3/h12-16H,5-11H2,1-4H3/t13?,14?,15-,16+/m0/s1. The largest absolute Gasteiger partial charge is 0.462 e. The van der Waals surface area contributed by atoms with Gasteiger partial charge in [0.25, 0.3) is 0 Å². The number of carbonyl (C=O) groups is 1. The maximum absolute atomic E-state index is 12.4. The van der Waals surface area contributed by atoms with E-state index in [4.69, 9.17) is 4.74 Å². The second kappa shape index (κ2) is 9.07. The monoisotopic (exact) mass is 346 g/mol. The third-order valence-corrected chi connectivity index (χ3v) is 5.44. The maximum atomic E-state index is 12.4. The van der Waals surface area contributed by atoms with Gasteiger partial charge in [0.15, 0.2) is 0 Å². The number of carbonyl (C=O) groups excluding carboxylic acids is 1. The van der Waals surface area contributed by atoms with Crippen molar-refractivity contribution in [2.75, 3.05) is 5.33 Å². The summed E-state index contributed by atoms with van der Waals surface area (Å²) in [5.41, 5.74) is 0. The second-order valence-electron chi connectivity index (χ2n) is 6.79. The van der Waals surface area contributed by atoms with E-state index in [9.17, 15) is 4.79 Å². The van der Waals surface area contributed by atoms with E-state index in [2.05, 4.69) is 43.6 Å².